The molecule has 38 heavy (non-hydrogen) atoms. The highest BCUT2D eigenvalue weighted by Crippen LogP contribution is 2.36. The van der Waals surface area contributed by atoms with E-state index in [2.05, 4.69) is 81.4 Å². The lowest BCUT2D eigenvalue weighted by molar-refractivity contribution is 0.102. The molecule has 1 unspecified atom stereocenters. The summed E-state index contributed by atoms with van der Waals surface area (Å²) in [7, 11) is 0. The molecule has 0 saturated heterocycles. The lowest BCUT2D eigenvalue weighted by Crippen LogP contribution is -2.11. The van der Waals surface area contributed by atoms with E-state index in [4.69, 9.17) is 0 Å². The molecule has 3 aromatic carbocycles. The van der Waals surface area contributed by atoms with Gasteiger partial charge in [0.25, 0.3) is 0 Å². The largest absolute Gasteiger partial charge is 0.355 e. The fraction of sp³-hybridized carbons (Fsp3) is 0.125. The van der Waals surface area contributed by atoms with E-state index >= 15 is 0 Å². The van der Waals surface area contributed by atoms with Crippen molar-refractivity contribution in [2.75, 3.05) is 0 Å². The van der Waals surface area contributed by atoms with Gasteiger partial charge in [-0.2, -0.15) is 0 Å². The Kier molecular flexibility index (Phi) is 7.54. The van der Waals surface area contributed by atoms with Gasteiger partial charge in [-0.3, -0.25) is 9.59 Å². The van der Waals surface area contributed by atoms with Crippen LogP contribution in [0.5, 0.6) is 0 Å². The second-order valence-corrected chi connectivity index (χ2v) is 11.7. The zero-order valence-electron chi connectivity index (χ0n) is 21.2. The van der Waals surface area contributed by atoms with E-state index in [9.17, 15) is 9.59 Å². The van der Waals surface area contributed by atoms with Gasteiger partial charge in [0.2, 0.25) is 11.6 Å². The third-order valence-electron chi connectivity index (χ3n) is 6.77. The molecule has 2 N–H and O–H groups in total. The molecule has 0 bridgehead atoms. The minimum absolute atomic E-state index is 0.0543. The minimum atomic E-state index is -0.208. The first-order chi connectivity index (χ1) is 18.2. The van der Waals surface area contributed by atoms with Gasteiger partial charge in [0.1, 0.15) is 0 Å². The molecule has 2 aromatic heterocycles. The van der Waals surface area contributed by atoms with E-state index < -0.39 is 0 Å². The lowest BCUT2D eigenvalue weighted by atomic mass is 9.85. The number of aromatic amines is 2. The molecule has 0 aliphatic heterocycles. The lowest BCUT2D eigenvalue weighted by Gasteiger charge is -2.21. The summed E-state index contributed by atoms with van der Waals surface area (Å²) in [6, 6.07) is 26.9. The average Bonchev–Trinajstić information content (AvgIpc) is 3.57. The first kappa shape index (κ1) is 26.4. The van der Waals surface area contributed by atoms with Gasteiger partial charge < -0.3 is 9.97 Å². The van der Waals surface area contributed by atoms with Crippen LogP contribution in [-0.4, -0.2) is 21.5 Å². The van der Waals surface area contributed by atoms with Gasteiger partial charge in [-0.15, -0.1) is 0 Å². The van der Waals surface area contributed by atoms with Crippen LogP contribution in [-0.2, 0) is 0 Å². The number of benzene rings is 3. The second kappa shape index (κ2) is 10.9. The molecule has 5 aromatic rings. The van der Waals surface area contributed by atoms with E-state index in [1.165, 1.54) is 5.56 Å². The SMILES string of the molecule is Cc1cc(C)c(C(c2ccc(C(=O)c3ccc(Br)cc3)[nH]2)c2ccc(C(=O)c3ccc(I)cc3)[nH]2)c(C)c1. The fourth-order valence-corrected chi connectivity index (χ4v) is 5.69. The smallest absolute Gasteiger partial charge is 0.209 e. The van der Waals surface area contributed by atoms with Crippen molar-refractivity contribution in [3.05, 3.63) is 149 Å². The van der Waals surface area contributed by atoms with Crippen molar-refractivity contribution in [1.82, 2.24) is 9.97 Å². The molecule has 6 heteroatoms. The molecule has 0 fully saturated rings. The number of ketones is 2. The summed E-state index contributed by atoms with van der Waals surface area (Å²) in [6.07, 6.45) is 0. The topological polar surface area (TPSA) is 65.7 Å². The Morgan fingerprint density at radius 2 is 1.13 bits per heavy atom. The summed E-state index contributed by atoms with van der Waals surface area (Å²) in [4.78, 5) is 33.3. The molecule has 0 spiro atoms. The van der Waals surface area contributed by atoms with Crippen LogP contribution < -0.4 is 0 Å². The first-order valence-corrected chi connectivity index (χ1v) is 14.1. The van der Waals surface area contributed by atoms with Crippen LogP contribution >= 0.6 is 38.5 Å². The zero-order chi connectivity index (χ0) is 27.0. The molecule has 0 amide bonds. The number of carbonyl (C=O) groups excluding carboxylic acids is 2. The molecule has 190 valence electrons. The Balaban J connectivity index is 1.57. The Labute approximate surface area is 244 Å². The Bertz CT molecular complexity index is 1530. The van der Waals surface area contributed by atoms with Crippen LogP contribution in [0.15, 0.2) is 89.4 Å². The van der Waals surface area contributed by atoms with E-state index in [0.29, 0.717) is 22.5 Å². The monoisotopic (exact) mass is 676 g/mol. The highest BCUT2D eigenvalue weighted by atomic mass is 127. The van der Waals surface area contributed by atoms with Gasteiger partial charge >= 0.3 is 0 Å². The van der Waals surface area contributed by atoms with Crippen molar-refractivity contribution < 1.29 is 9.59 Å². The highest BCUT2D eigenvalue weighted by Gasteiger charge is 2.26. The quantitative estimate of drug-likeness (QED) is 0.135. The van der Waals surface area contributed by atoms with Crippen molar-refractivity contribution in [2.45, 2.75) is 26.7 Å². The van der Waals surface area contributed by atoms with Crippen molar-refractivity contribution in [3.8, 4) is 0 Å². The Hall–Kier alpha value is -3.23. The maximum atomic E-state index is 13.2. The van der Waals surface area contributed by atoms with Crippen LogP contribution in [0, 0.1) is 24.3 Å². The molecule has 0 saturated carbocycles. The summed E-state index contributed by atoms with van der Waals surface area (Å²) in [5.41, 5.74) is 8.74. The average molecular weight is 677 g/mol. The molecule has 5 rings (SSSR count). The minimum Gasteiger partial charge on any atom is -0.355 e. The second-order valence-electron chi connectivity index (χ2n) is 9.57. The number of H-pyrrole nitrogens is 2. The summed E-state index contributed by atoms with van der Waals surface area (Å²) in [5, 5.41) is 0. The summed E-state index contributed by atoms with van der Waals surface area (Å²) in [6.45, 7) is 6.31. The van der Waals surface area contributed by atoms with Gasteiger partial charge in [0.15, 0.2) is 0 Å². The van der Waals surface area contributed by atoms with E-state index in [1.807, 2.05) is 72.8 Å². The number of hydrogen-bond acceptors (Lipinski definition) is 2. The molecule has 2 heterocycles. The van der Waals surface area contributed by atoms with Gasteiger partial charge in [-0.1, -0.05) is 33.6 Å². The molecule has 0 aliphatic rings. The van der Waals surface area contributed by atoms with Gasteiger partial charge in [-0.25, -0.2) is 0 Å². The number of hydrogen-bond donors (Lipinski definition) is 2. The van der Waals surface area contributed by atoms with Crippen LogP contribution in [0.2, 0.25) is 0 Å². The zero-order valence-corrected chi connectivity index (χ0v) is 25.0. The third kappa shape index (κ3) is 5.33. The summed E-state index contributed by atoms with van der Waals surface area (Å²) < 4.78 is 2.01. The molecular formula is C32H26BrIN2O2. The van der Waals surface area contributed by atoms with Crippen LogP contribution in [0.4, 0.5) is 0 Å². The number of aromatic nitrogens is 2. The van der Waals surface area contributed by atoms with Crippen molar-refractivity contribution in [2.24, 2.45) is 0 Å². The van der Waals surface area contributed by atoms with Gasteiger partial charge in [-0.05, 0) is 133 Å². The first-order valence-electron chi connectivity index (χ1n) is 12.3. The Morgan fingerprint density at radius 1 is 0.684 bits per heavy atom. The number of rotatable bonds is 7. The standard InChI is InChI=1S/C32H26BrIN2O2/c1-18-16-19(2)29(20(3)17-18)30(25-12-14-27(35-25)31(37)21-4-8-23(33)9-5-21)26-13-15-28(36-26)32(38)22-6-10-24(34)11-7-22/h4-17,30,35-36H,1-3H3. The number of nitrogens with one attached hydrogen (secondary N) is 2. The van der Waals surface area contributed by atoms with Crippen LogP contribution in [0.1, 0.15) is 71.7 Å². The maximum absolute atomic E-state index is 13.2. The molecule has 0 radical (unpaired) electrons. The predicted octanol–water partition coefficient (Wildman–Crippen LogP) is 8.28. The van der Waals surface area contributed by atoms with Crippen molar-refractivity contribution in [1.29, 1.82) is 0 Å². The van der Waals surface area contributed by atoms with E-state index in [1.54, 1.807) is 0 Å². The normalized spacial score (nSPS) is 11.9. The van der Waals surface area contributed by atoms with Crippen molar-refractivity contribution >= 4 is 50.1 Å². The molecule has 4 nitrogen and oxygen atoms in total. The molecule has 0 aliphatic carbocycles. The molecule has 1 atom stereocenters. The van der Waals surface area contributed by atoms with E-state index in [-0.39, 0.29) is 17.5 Å². The highest BCUT2D eigenvalue weighted by molar-refractivity contribution is 14.1. The van der Waals surface area contributed by atoms with Crippen molar-refractivity contribution in [3.63, 3.8) is 0 Å². The van der Waals surface area contributed by atoms with Crippen LogP contribution in [0.3, 0.4) is 0 Å². The number of aryl methyl sites for hydroxylation is 3. The van der Waals surface area contributed by atoms with Gasteiger partial charge in [0.05, 0.1) is 17.3 Å². The van der Waals surface area contributed by atoms with Crippen LogP contribution in [0.25, 0.3) is 0 Å². The third-order valence-corrected chi connectivity index (χ3v) is 8.02. The maximum Gasteiger partial charge on any atom is 0.209 e. The number of carbonyl (C=O) groups is 2. The van der Waals surface area contributed by atoms with E-state index in [0.717, 1.165) is 36.1 Å². The van der Waals surface area contributed by atoms with Gasteiger partial charge in [0, 0.05) is 30.6 Å². The number of halogens is 2. The summed E-state index contributed by atoms with van der Waals surface area (Å²) in [5.74, 6) is -0.331. The molecular weight excluding hydrogens is 651 g/mol. The predicted molar refractivity (Wildman–Crippen MR) is 163 cm³/mol. The Morgan fingerprint density at radius 3 is 1.61 bits per heavy atom. The fourth-order valence-electron chi connectivity index (χ4n) is 5.06. The summed E-state index contributed by atoms with van der Waals surface area (Å²) >= 11 is 5.66.